The van der Waals surface area contributed by atoms with Crippen LogP contribution in [0.25, 0.3) is 0 Å². The first-order valence-corrected chi connectivity index (χ1v) is 5.85. The van der Waals surface area contributed by atoms with Gasteiger partial charge in [0.15, 0.2) is 0 Å². The molecule has 1 atom stereocenters. The van der Waals surface area contributed by atoms with Gasteiger partial charge in [-0.2, -0.15) is 0 Å². The molecule has 0 aliphatic rings. The maximum absolute atomic E-state index is 13.0. The Bertz CT molecular complexity index is 334. The van der Waals surface area contributed by atoms with E-state index in [-0.39, 0.29) is 17.8 Å². The minimum atomic E-state index is -0.232. The third-order valence-corrected chi connectivity index (χ3v) is 3.63. The van der Waals surface area contributed by atoms with Crippen molar-refractivity contribution in [3.8, 4) is 0 Å². The highest BCUT2D eigenvalue weighted by Gasteiger charge is 2.22. The summed E-state index contributed by atoms with van der Waals surface area (Å²) in [6, 6.07) is 4.65. The van der Waals surface area contributed by atoms with Crippen molar-refractivity contribution in [3.63, 3.8) is 0 Å². The Kier molecular flexibility index (Phi) is 4.29. The Morgan fingerprint density at radius 2 is 2.13 bits per heavy atom. The maximum Gasteiger partial charge on any atom is 0.123 e. The molecule has 0 aliphatic heterocycles. The minimum Gasteiger partial charge on any atom is -0.396 e. The van der Waals surface area contributed by atoms with Gasteiger partial charge in [-0.05, 0) is 42.0 Å². The van der Waals surface area contributed by atoms with E-state index in [1.807, 2.05) is 13.8 Å². The van der Waals surface area contributed by atoms with Crippen LogP contribution in [0.3, 0.4) is 0 Å². The van der Waals surface area contributed by atoms with Gasteiger partial charge in [0.2, 0.25) is 0 Å². The summed E-state index contributed by atoms with van der Waals surface area (Å²) in [7, 11) is 0. The quantitative estimate of drug-likeness (QED) is 0.891. The number of halogens is 2. The Morgan fingerprint density at radius 1 is 1.47 bits per heavy atom. The molecule has 1 N–H and O–H groups in total. The van der Waals surface area contributed by atoms with E-state index < -0.39 is 0 Å². The number of hydrogen-bond donors (Lipinski definition) is 1. The molecule has 1 aromatic carbocycles. The van der Waals surface area contributed by atoms with Crippen LogP contribution in [0.4, 0.5) is 4.39 Å². The normalized spacial score (nSPS) is 15.0. The van der Waals surface area contributed by atoms with E-state index in [4.69, 9.17) is 0 Å². The average Bonchev–Trinajstić information content (AvgIpc) is 2.23. The summed E-state index contributed by atoms with van der Waals surface area (Å²) in [4.78, 5) is 0. The topological polar surface area (TPSA) is 20.2 Å². The monoisotopic (exact) mass is 274 g/mol. The fraction of sp³-hybridized carbons (Fsp3) is 0.500. The molecule has 0 heterocycles. The van der Waals surface area contributed by atoms with Gasteiger partial charge in [-0.15, -0.1) is 0 Å². The minimum absolute atomic E-state index is 0.118. The summed E-state index contributed by atoms with van der Waals surface area (Å²) >= 11 is 3.39. The lowest BCUT2D eigenvalue weighted by Crippen LogP contribution is -2.23. The Labute approximate surface area is 98.4 Å². The van der Waals surface area contributed by atoms with Crippen LogP contribution in [0.5, 0.6) is 0 Å². The van der Waals surface area contributed by atoms with Gasteiger partial charge in [0.05, 0.1) is 0 Å². The zero-order chi connectivity index (χ0) is 11.5. The summed E-state index contributed by atoms with van der Waals surface area (Å²) < 4.78 is 13.9. The van der Waals surface area contributed by atoms with Crippen molar-refractivity contribution >= 4 is 15.9 Å². The number of rotatable bonds is 4. The van der Waals surface area contributed by atoms with Crippen LogP contribution in [0.15, 0.2) is 22.7 Å². The average molecular weight is 275 g/mol. The van der Waals surface area contributed by atoms with Gasteiger partial charge < -0.3 is 5.11 Å². The molecule has 1 nitrogen and oxygen atoms in total. The first-order chi connectivity index (χ1) is 7.00. The molecule has 0 aliphatic carbocycles. The van der Waals surface area contributed by atoms with Gasteiger partial charge in [-0.3, -0.25) is 0 Å². The fourth-order valence-corrected chi connectivity index (χ4v) is 1.82. The Balaban J connectivity index is 2.92. The molecule has 3 heteroatoms. The Morgan fingerprint density at radius 3 is 2.67 bits per heavy atom. The second-order valence-corrected chi connectivity index (χ2v) is 5.09. The van der Waals surface area contributed by atoms with Gasteiger partial charge in [-0.1, -0.05) is 29.8 Å². The van der Waals surface area contributed by atoms with Crippen LogP contribution in [-0.4, -0.2) is 11.7 Å². The molecule has 1 rings (SSSR count). The predicted molar refractivity (Wildman–Crippen MR) is 63.3 cm³/mol. The van der Waals surface area contributed by atoms with Crippen molar-refractivity contribution in [2.24, 2.45) is 5.41 Å². The van der Waals surface area contributed by atoms with Crippen LogP contribution in [-0.2, 0) is 6.42 Å². The zero-order valence-corrected chi connectivity index (χ0v) is 10.6. The van der Waals surface area contributed by atoms with Gasteiger partial charge in [-0.25, -0.2) is 4.39 Å². The highest BCUT2D eigenvalue weighted by Crippen LogP contribution is 2.29. The number of benzene rings is 1. The largest absolute Gasteiger partial charge is 0.396 e. The van der Waals surface area contributed by atoms with E-state index in [0.29, 0.717) is 6.42 Å². The number of hydrogen-bond acceptors (Lipinski definition) is 1. The predicted octanol–water partition coefficient (Wildman–Crippen LogP) is 3.54. The maximum atomic E-state index is 13.0. The molecule has 0 bridgehead atoms. The van der Waals surface area contributed by atoms with Crippen molar-refractivity contribution in [1.29, 1.82) is 0 Å². The molecule has 0 fully saturated rings. The van der Waals surface area contributed by atoms with Crippen LogP contribution in [0.1, 0.15) is 25.8 Å². The van der Waals surface area contributed by atoms with Crippen molar-refractivity contribution in [2.75, 3.05) is 6.61 Å². The third kappa shape index (κ3) is 3.28. The molecule has 1 aromatic rings. The lowest BCUT2D eigenvalue weighted by molar-refractivity contribution is 0.137. The van der Waals surface area contributed by atoms with Crippen molar-refractivity contribution in [3.05, 3.63) is 34.1 Å². The van der Waals surface area contributed by atoms with E-state index in [9.17, 15) is 9.50 Å². The highest BCUT2D eigenvalue weighted by molar-refractivity contribution is 9.10. The van der Waals surface area contributed by atoms with E-state index in [2.05, 4.69) is 15.9 Å². The van der Waals surface area contributed by atoms with E-state index in [1.165, 1.54) is 12.1 Å². The molecule has 0 radical (unpaired) electrons. The van der Waals surface area contributed by atoms with Crippen LogP contribution < -0.4 is 0 Å². The van der Waals surface area contributed by atoms with E-state index in [0.717, 1.165) is 16.5 Å². The van der Waals surface area contributed by atoms with Crippen LogP contribution in [0.2, 0.25) is 0 Å². The fourth-order valence-electron chi connectivity index (χ4n) is 1.43. The number of aliphatic hydroxyl groups is 1. The van der Waals surface area contributed by atoms with Crippen LogP contribution >= 0.6 is 15.9 Å². The Hall–Kier alpha value is -0.410. The first-order valence-electron chi connectivity index (χ1n) is 5.05. The smallest absolute Gasteiger partial charge is 0.123 e. The van der Waals surface area contributed by atoms with Gasteiger partial charge in [0.1, 0.15) is 5.82 Å². The molecule has 1 unspecified atom stereocenters. The standard InChI is InChI=1S/C12H16BrFO/c1-3-12(2,8-15)7-9-6-10(14)4-5-11(9)13/h4-6,15H,3,7-8H2,1-2H3. The summed E-state index contributed by atoms with van der Waals surface area (Å²) in [5, 5.41) is 9.30. The second kappa shape index (κ2) is 5.08. The molecule has 84 valence electrons. The van der Waals surface area contributed by atoms with Gasteiger partial charge >= 0.3 is 0 Å². The van der Waals surface area contributed by atoms with E-state index in [1.54, 1.807) is 6.07 Å². The summed E-state index contributed by atoms with van der Waals surface area (Å²) in [5.74, 6) is -0.232. The zero-order valence-electron chi connectivity index (χ0n) is 9.06. The van der Waals surface area contributed by atoms with Crippen molar-refractivity contribution in [1.82, 2.24) is 0 Å². The lowest BCUT2D eigenvalue weighted by atomic mass is 9.82. The third-order valence-electron chi connectivity index (χ3n) is 2.86. The lowest BCUT2D eigenvalue weighted by Gasteiger charge is -2.26. The van der Waals surface area contributed by atoms with Gasteiger partial charge in [0.25, 0.3) is 0 Å². The SMILES string of the molecule is CCC(C)(CO)Cc1cc(F)ccc1Br. The summed E-state index contributed by atoms with van der Waals surface area (Å²) in [5.41, 5.74) is 0.740. The van der Waals surface area contributed by atoms with E-state index >= 15 is 0 Å². The first kappa shape index (κ1) is 12.7. The summed E-state index contributed by atoms with van der Waals surface area (Å²) in [6.07, 6.45) is 1.55. The van der Waals surface area contributed by atoms with Crippen molar-refractivity contribution < 1.29 is 9.50 Å². The molecule has 0 saturated heterocycles. The molecule has 0 saturated carbocycles. The molecular formula is C12H16BrFO. The van der Waals surface area contributed by atoms with Crippen molar-refractivity contribution in [2.45, 2.75) is 26.7 Å². The molecular weight excluding hydrogens is 259 g/mol. The second-order valence-electron chi connectivity index (χ2n) is 4.23. The van der Waals surface area contributed by atoms with Gasteiger partial charge in [0, 0.05) is 11.1 Å². The number of aliphatic hydroxyl groups excluding tert-OH is 1. The molecule has 0 amide bonds. The highest BCUT2D eigenvalue weighted by atomic mass is 79.9. The molecule has 0 aromatic heterocycles. The summed E-state index contributed by atoms with van der Waals surface area (Å²) in [6.45, 7) is 4.15. The van der Waals surface area contributed by atoms with Crippen LogP contribution in [0, 0.1) is 11.2 Å². The molecule has 15 heavy (non-hydrogen) atoms. The molecule has 0 spiro atoms.